The minimum absolute atomic E-state index is 0.584. The highest BCUT2D eigenvalue weighted by Gasteiger charge is 2.15. The van der Waals surface area contributed by atoms with Gasteiger partial charge in [0.1, 0.15) is 0 Å². The average molecular weight is 613 g/mol. The minimum atomic E-state index is 0.584. The molecule has 48 heavy (non-hydrogen) atoms. The molecule has 0 spiro atoms. The first-order chi connectivity index (χ1) is 23.7. The summed E-state index contributed by atoms with van der Waals surface area (Å²) in [4.78, 5) is 15.2. The quantitative estimate of drug-likeness (QED) is 0.187. The number of benzene rings is 6. The van der Waals surface area contributed by atoms with Crippen molar-refractivity contribution in [2.24, 2.45) is 0 Å². The van der Waals surface area contributed by atoms with Gasteiger partial charge in [-0.1, -0.05) is 121 Å². The summed E-state index contributed by atoms with van der Waals surface area (Å²) in [5.74, 6) is 0. The van der Waals surface area contributed by atoms with Crippen LogP contribution in [0.15, 0.2) is 170 Å². The van der Waals surface area contributed by atoms with E-state index in [1.165, 1.54) is 0 Å². The van der Waals surface area contributed by atoms with Gasteiger partial charge in [-0.15, -0.1) is 0 Å². The molecule has 2 heterocycles. The number of fused-ring (bicyclic) bond motifs is 1. The maximum absolute atomic E-state index is 9.59. The average Bonchev–Trinajstić information content (AvgIpc) is 3.18. The van der Waals surface area contributed by atoms with Gasteiger partial charge in [-0.25, -0.2) is 15.0 Å². The smallest absolute Gasteiger partial charge is 0.0991 e. The van der Waals surface area contributed by atoms with E-state index < -0.39 is 0 Å². The first kappa shape index (κ1) is 28.8. The number of pyridine rings is 1. The fourth-order valence-corrected chi connectivity index (χ4v) is 6.07. The lowest BCUT2D eigenvalue weighted by Crippen LogP contribution is -1.96. The molecule has 0 saturated carbocycles. The first-order valence-electron chi connectivity index (χ1n) is 15.8. The van der Waals surface area contributed by atoms with Crippen LogP contribution >= 0.6 is 0 Å². The van der Waals surface area contributed by atoms with Crippen LogP contribution in [0.4, 0.5) is 0 Å². The van der Waals surface area contributed by atoms with Crippen LogP contribution in [0.25, 0.3) is 78.3 Å². The number of hydrogen-bond acceptors (Lipinski definition) is 4. The van der Waals surface area contributed by atoms with Gasteiger partial charge in [0.15, 0.2) is 0 Å². The second-order valence-corrected chi connectivity index (χ2v) is 11.6. The molecule has 0 N–H and O–H groups in total. The lowest BCUT2D eigenvalue weighted by Gasteiger charge is -2.13. The molecule has 0 fully saturated rings. The third kappa shape index (κ3) is 5.73. The van der Waals surface area contributed by atoms with Gasteiger partial charge in [-0.3, -0.25) is 0 Å². The molecular weight excluding hydrogens is 585 g/mol. The predicted molar refractivity (Wildman–Crippen MR) is 195 cm³/mol. The van der Waals surface area contributed by atoms with Gasteiger partial charge >= 0.3 is 0 Å². The Balaban J connectivity index is 1.24. The lowest BCUT2D eigenvalue weighted by molar-refractivity contribution is 1.29. The molecular formula is C44H28N4. The van der Waals surface area contributed by atoms with Crippen molar-refractivity contribution >= 4 is 11.0 Å². The summed E-state index contributed by atoms with van der Waals surface area (Å²) in [5.41, 5.74) is 13.9. The number of nitrogens with zero attached hydrogens (tertiary/aromatic N) is 4. The van der Waals surface area contributed by atoms with E-state index in [4.69, 9.17) is 15.0 Å². The molecule has 0 bridgehead atoms. The van der Waals surface area contributed by atoms with Crippen LogP contribution in [-0.4, -0.2) is 15.0 Å². The molecule has 0 aliphatic carbocycles. The van der Waals surface area contributed by atoms with E-state index in [2.05, 4.69) is 91.0 Å². The zero-order valence-corrected chi connectivity index (χ0v) is 26.0. The molecule has 0 aliphatic heterocycles. The van der Waals surface area contributed by atoms with E-state index in [-0.39, 0.29) is 0 Å². The molecule has 8 aromatic rings. The molecule has 0 aliphatic rings. The van der Waals surface area contributed by atoms with Crippen LogP contribution in [0.3, 0.4) is 0 Å². The summed E-state index contributed by atoms with van der Waals surface area (Å²) in [6.45, 7) is 0. The predicted octanol–water partition coefficient (Wildman–Crippen LogP) is 10.9. The monoisotopic (exact) mass is 612 g/mol. The highest BCUT2D eigenvalue weighted by atomic mass is 14.8. The molecule has 2 aromatic heterocycles. The summed E-state index contributed by atoms with van der Waals surface area (Å²) < 4.78 is 0. The van der Waals surface area contributed by atoms with E-state index in [1.54, 1.807) is 6.07 Å². The van der Waals surface area contributed by atoms with E-state index in [9.17, 15) is 5.26 Å². The van der Waals surface area contributed by atoms with Crippen LogP contribution < -0.4 is 0 Å². The zero-order chi connectivity index (χ0) is 32.3. The Morgan fingerprint density at radius 2 is 0.750 bits per heavy atom. The summed E-state index contributed by atoms with van der Waals surface area (Å²) in [6.07, 6.45) is 0. The molecule has 4 heteroatoms. The fraction of sp³-hybridized carbons (Fsp3) is 0. The highest BCUT2D eigenvalue weighted by molar-refractivity contribution is 5.88. The standard InChI is InChI=1S/C44H28N4/c45-29-30-12-9-20-36(24-30)43-44(48-40-23-8-7-22-39(40)47-43)37-21-11-18-34(26-37)33-17-10-19-35(25-33)38-27-41(31-13-3-1-4-14-31)46-42(28-38)32-15-5-2-6-16-32/h1-28H. The molecule has 0 radical (unpaired) electrons. The molecule has 0 saturated heterocycles. The number of nitriles is 1. The lowest BCUT2D eigenvalue weighted by atomic mass is 9.95. The van der Waals surface area contributed by atoms with Crippen LogP contribution in [-0.2, 0) is 0 Å². The molecule has 4 nitrogen and oxygen atoms in total. The largest absolute Gasteiger partial charge is 0.248 e. The Bertz CT molecular complexity index is 2400. The van der Waals surface area contributed by atoms with Crippen LogP contribution in [0, 0.1) is 11.3 Å². The van der Waals surface area contributed by atoms with Gasteiger partial charge in [-0.05, 0) is 70.8 Å². The SMILES string of the molecule is N#Cc1cccc(-c2nc3ccccc3nc2-c2cccc(-c3cccc(-c4cc(-c5ccccc5)nc(-c5ccccc5)c4)c3)c2)c1. The molecule has 6 aromatic carbocycles. The van der Waals surface area contributed by atoms with Gasteiger partial charge in [0, 0.05) is 22.3 Å². The van der Waals surface area contributed by atoms with Crippen molar-refractivity contribution in [2.45, 2.75) is 0 Å². The van der Waals surface area contributed by atoms with Crippen molar-refractivity contribution in [2.75, 3.05) is 0 Å². The minimum Gasteiger partial charge on any atom is -0.248 e. The second-order valence-electron chi connectivity index (χ2n) is 11.6. The molecule has 224 valence electrons. The van der Waals surface area contributed by atoms with Crippen LogP contribution in [0.1, 0.15) is 5.56 Å². The maximum Gasteiger partial charge on any atom is 0.0991 e. The highest BCUT2D eigenvalue weighted by Crippen LogP contribution is 2.36. The van der Waals surface area contributed by atoms with Gasteiger partial charge < -0.3 is 0 Å². The van der Waals surface area contributed by atoms with E-state index in [0.717, 1.165) is 78.3 Å². The summed E-state index contributed by atoms with van der Waals surface area (Å²) in [5, 5.41) is 9.59. The Kier molecular flexibility index (Phi) is 7.54. The third-order valence-corrected chi connectivity index (χ3v) is 8.47. The van der Waals surface area contributed by atoms with Crippen molar-refractivity contribution in [3.8, 4) is 73.4 Å². The number of hydrogen-bond donors (Lipinski definition) is 0. The third-order valence-electron chi connectivity index (χ3n) is 8.47. The Morgan fingerprint density at radius 3 is 1.29 bits per heavy atom. The van der Waals surface area contributed by atoms with Crippen molar-refractivity contribution in [1.29, 1.82) is 5.26 Å². The van der Waals surface area contributed by atoms with Gasteiger partial charge in [0.05, 0.1) is 45.4 Å². The molecule has 8 rings (SSSR count). The summed E-state index contributed by atoms with van der Waals surface area (Å²) in [6, 6.07) is 59.8. The molecule has 0 amide bonds. The van der Waals surface area contributed by atoms with Crippen LogP contribution in [0.5, 0.6) is 0 Å². The first-order valence-corrected chi connectivity index (χ1v) is 15.8. The van der Waals surface area contributed by atoms with E-state index >= 15 is 0 Å². The number of aromatic nitrogens is 3. The summed E-state index contributed by atoms with van der Waals surface area (Å²) >= 11 is 0. The van der Waals surface area contributed by atoms with Crippen molar-refractivity contribution in [3.05, 3.63) is 175 Å². The molecule has 0 atom stereocenters. The van der Waals surface area contributed by atoms with E-state index in [1.807, 2.05) is 78.9 Å². The maximum atomic E-state index is 9.59. The number of para-hydroxylation sites is 2. The van der Waals surface area contributed by atoms with Crippen LogP contribution in [0.2, 0.25) is 0 Å². The summed E-state index contributed by atoms with van der Waals surface area (Å²) in [7, 11) is 0. The van der Waals surface area contributed by atoms with Gasteiger partial charge in [0.25, 0.3) is 0 Å². The van der Waals surface area contributed by atoms with Gasteiger partial charge in [-0.2, -0.15) is 5.26 Å². The second kappa shape index (κ2) is 12.6. The van der Waals surface area contributed by atoms with Crippen molar-refractivity contribution in [3.63, 3.8) is 0 Å². The molecule has 0 unspecified atom stereocenters. The fourth-order valence-electron chi connectivity index (χ4n) is 6.07. The normalized spacial score (nSPS) is 10.9. The van der Waals surface area contributed by atoms with Gasteiger partial charge in [0.2, 0.25) is 0 Å². The number of rotatable bonds is 6. The Labute approximate surface area is 279 Å². The van der Waals surface area contributed by atoms with Crippen molar-refractivity contribution in [1.82, 2.24) is 15.0 Å². The Morgan fingerprint density at radius 1 is 0.333 bits per heavy atom. The Hall–Kier alpha value is -6.70. The zero-order valence-electron chi connectivity index (χ0n) is 26.0. The van der Waals surface area contributed by atoms with Crippen molar-refractivity contribution < 1.29 is 0 Å². The van der Waals surface area contributed by atoms with E-state index in [0.29, 0.717) is 5.56 Å². The topological polar surface area (TPSA) is 62.5 Å².